The summed E-state index contributed by atoms with van der Waals surface area (Å²) < 4.78 is 10.3. The molecule has 14 heavy (non-hydrogen) atoms. The van der Waals surface area contributed by atoms with Crippen molar-refractivity contribution < 1.29 is 14.4 Å². The molecule has 1 aromatic heterocycles. The highest BCUT2D eigenvalue weighted by atomic mass is 16.5. The Bertz CT molecular complexity index is 281. The first kappa shape index (κ1) is 9.61. The van der Waals surface area contributed by atoms with Crippen LogP contribution in [0.5, 0.6) is 0 Å². The molecule has 0 aromatic carbocycles. The topological polar surface area (TPSA) is 68.4 Å². The van der Waals surface area contributed by atoms with Crippen molar-refractivity contribution in [1.82, 2.24) is 10.1 Å². The van der Waals surface area contributed by atoms with Crippen LogP contribution in [0.25, 0.3) is 0 Å². The summed E-state index contributed by atoms with van der Waals surface area (Å²) in [6.45, 7) is 1.49. The Morgan fingerprint density at radius 1 is 1.36 bits per heavy atom. The second-order valence-electron chi connectivity index (χ2n) is 3.52. The maximum atomic E-state index is 8.75. The third kappa shape index (κ3) is 2.30. The van der Waals surface area contributed by atoms with Crippen LogP contribution < -0.4 is 0 Å². The molecule has 2 heterocycles. The molecule has 1 aliphatic rings. The highest BCUT2D eigenvalue weighted by molar-refractivity contribution is 4.86. The van der Waals surface area contributed by atoms with E-state index in [1.165, 1.54) is 0 Å². The van der Waals surface area contributed by atoms with Gasteiger partial charge >= 0.3 is 0 Å². The molecular weight excluding hydrogens is 184 g/mol. The minimum atomic E-state index is -0.155. The van der Waals surface area contributed by atoms with E-state index in [2.05, 4.69) is 10.1 Å². The van der Waals surface area contributed by atoms with Gasteiger partial charge in [0.1, 0.15) is 6.61 Å². The van der Waals surface area contributed by atoms with Crippen molar-refractivity contribution >= 4 is 0 Å². The number of aromatic nitrogens is 2. The minimum absolute atomic E-state index is 0.155. The zero-order valence-corrected chi connectivity index (χ0v) is 7.98. The third-order valence-electron chi connectivity index (χ3n) is 2.46. The van der Waals surface area contributed by atoms with E-state index < -0.39 is 0 Å². The van der Waals surface area contributed by atoms with Crippen LogP contribution in [-0.4, -0.2) is 28.5 Å². The van der Waals surface area contributed by atoms with Gasteiger partial charge in [-0.05, 0) is 18.8 Å². The van der Waals surface area contributed by atoms with Crippen molar-refractivity contribution in [3.05, 3.63) is 11.7 Å². The molecule has 0 saturated carbocycles. The molecule has 0 amide bonds. The molecule has 1 saturated heterocycles. The van der Waals surface area contributed by atoms with Gasteiger partial charge in [0.2, 0.25) is 5.89 Å². The standard InChI is InChI=1S/C9H14N2O3/c12-6-8-10-9(14-11-8)5-7-1-3-13-4-2-7/h7,12H,1-6H2. The van der Waals surface area contributed by atoms with Crippen molar-refractivity contribution in [3.63, 3.8) is 0 Å². The van der Waals surface area contributed by atoms with Crippen molar-refractivity contribution in [2.24, 2.45) is 5.92 Å². The Balaban J connectivity index is 1.89. The number of hydrogen-bond donors (Lipinski definition) is 1. The average Bonchev–Trinajstić information content (AvgIpc) is 2.67. The van der Waals surface area contributed by atoms with Crippen molar-refractivity contribution in [3.8, 4) is 0 Å². The minimum Gasteiger partial charge on any atom is -0.388 e. The highest BCUT2D eigenvalue weighted by Crippen LogP contribution is 2.18. The first-order chi connectivity index (χ1) is 6.88. The molecule has 5 heteroatoms. The molecular formula is C9H14N2O3. The lowest BCUT2D eigenvalue weighted by Gasteiger charge is -2.19. The normalized spacial score (nSPS) is 18.6. The van der Waals surface area contributed by atoms with Crippen LogP contribution in [-0.2, 0) is 17.8 Å². The Kier molecular flexibility index (Phi) is 3.10. The number of rotatable bonds is 3. The monoisotopic (exact) mass is 198 g/mol. The molecule has 0 radical (unpaired) electrons. The lowest BCUT2D eigenvalue weighted by molar-refractivity contribution is 0.0642. The zero-order valence-electron chi connectivity index (χ0n) is 7.98. The molecule has 2 rings (SSSR count). The predicted octanol–water partition coefficient (Wildman–Crippen LogP) is 0.531. The van der Waals surface area contributed by atoms with E-state index in [9.17, 15) is 0 Å². The van der Waals surface area contributed by atoms with Crippen molar-refractivity contribution in [1.29, 1.82) is 0 Å². The fraction of sp³-hybridized carbons (Fsp3) is 0.778. The van der Waals surface area contributed by atoms with Crippen LogP contribution in [0.4, 0.5) is 0 Å². The summed E-state index contributed by atoms with van der Waals surface area (Å²) in [5.41, 5.74) is 0. The van der Waals surface area contributed by atoms with Gasteiger partial charge in [0.25, 0.3) is 0 Å². The molecule has 0 atom stereocenters. The lowest BCUT2D eigenvalue weighted by atomic mass is 9.97. The van der Waals surface area contributed by atoms with Crippen LogP contribution in [0.15, 0.2) is 4.52 Å². The number of hydrogen-bond acceptors (Lipinski definition) is 5. The number of aliphatic hydroxyl groups excluding tert-OH is 1. The maximum absolute atomic E-state index is 8.75. The van der Waals surface area contributed by atoms with E-state index in [-0.39, 0.29) is 6.61 Å². The smallest absolute Gasteiger partial charge is 0.227 e. The van der Waals surface area contributed by atoms with E-state index in [0.29, 0.717) is 17.6 Å². The molecule has 0 bridgehead atoms. The fourth-order valence-corrected chi connectivity index (χ4v) is 1.63. The average molecular weight is 198 g/mol. The molecule has 1 N–H and O–H groups in total. The summed E-state index contributed by atoms with van der Waals surface area (Å²) in [4.78, 5) is 4.05. The van der Waals surface area contributed by atoms with E-state index in [1.54, 1.807) is 0 Å². The first-order valence-electron chi connectivity index (χ1n) is 4.88. The van der Waals surface area contributed by atoms with Gasteiger partial charge in [0.15, 0.2) is 5.82 Å². The Morgan fingerprint density at radius 3 is 2.79 bits per heavy atom. The fourth-order valence-electron chi connectivity index (χ4n) is 1.63. The van der Waals surface area contributed by atoms with Crippen molar-refractivity contribution in [2.45, 2.75) is 25.9 Å². The quantitative estimate of drug-likeness (QED) is 0.767. The molecule has 5 nitrogen and oxygen atoms in total. The molecule has 1 aliphatic heterocycles. The molecule has 1 aromatic rings. The molecule has 0 spiro atoms. The number of aliphatic hydroxyl groups is 1. The van der Waals surface area contributed by atoms with E-state index in [4.69, 9.17) is 14.4 Å². The summed E-state index contributed by atoms with van der Waals surface area (Å²) >= 11 is 0. The van der Waals surface area contributed by atoms with Crippen LogP contribution in [0, 0.1) is 5.92 Å². The van der Waals surface area contributed by atoms with Crippen LogP contribution >= 0.6 is 0 Å². The molecule has 1 fully saturated rings. The van der Waals surface area contributed by atoms with Gasteiger partial charge in [-0.3, -0.25) is 0 Å². The SMILES string of the molecule is OCc1noc(CC2CCOCC2)n1. The summed E-state index contributed by atoms with van der Waals surface area (Å²) in [7, 11) is 0. The Morgan fingerprint density at radius 2 is 2.14 bits per heavy atom. The van der Waals surface area contributed by atoms with E-state index in [1.807, 2.05) is 0 Å². The summed E-state index contributed by atoms with van der Waals surface area (Å²) in [5, 5.41) is 12.4. The number of ether oxygens (including phenoxy) is 1. The largest absolute Gasteiger partial charge is 0.388 e. The van der Waals surface area contributed by atoms with Crippen molar-refractivity contribution in [2.75, 3.05) is 13.2 Å². The van der Waals surface area contributed by atoms with Crippen LogP contribution in [0.2, 0.25) is 0 Å². The van der Waals surface area contributed by atoms with E-state index in [0.717, 1.165) is 32.5 Å². The lowest BCUT2D eigenvalue weighted by Crippen LogP contribution is -2.17. The maximum Gasteiger partial charge on any atom is 0.227 e. The van der Waals surface area contributed by atoms with E-state index >= 15 is 0 Å². The third-order valence-corrected chi connectivity index (χ3v) is 2.46. The van der Waals surface area contributed by atoms with Gasteiger partial charge in [-0.2, -0.15) is 4.98 Å². The summed E-state index contributed by atoms with van der Waals surface area (Å²) in [5.74, 6) is 1.57. The second kappa shape index (κ2) is 4.52. The Hall–Kier alpha value is -0.940. The van der Waals surface area contributed by atoms with Gasteiger partial charge in [-0.25, -0.2) is 0 Å². The van der Waals surface area contributed by atoms with Crippen LogP contribution in [0.3, 0.4) is 0 Å². The molecule has 0 unspecified atom stereocenters. The zero-order chi connectivity index (χ0) is 9.80. The van der Waals surface area contributed by atoms with Gasteiger partial charge in [-0.15, -0.1) is 0 Å². The molecule has 0 aliphatic carbocycles. The van der Waals surface area contributed by atoms with Gasteiger partial charge in [-0.1, -0.05) is 5.16 Å². The summed E-state index contributed by atoms with van der Waals surface area (Å²) in [6.07, 6.45) is 2.91. The van der Waals surface area contributed by atoms with Gasteiger partial charge < -0.3 is 14.4 Å². The van der Waals surface area contributed by atoms with Crippen LogP contribution in [0.1, 0.15) is 24.6 Å². The summed E-state index contributed by atoms with van der Waals surface area (Å²) in [6, 6.07) is 0. The van der Waals surface area contributed by atoms with Gasteiger partial charge in [0.05, 0.1) is 0 Å². The molecule has 78 valence electrons. The Labute approximate surface area is 82.1 Å². The number of nitrogens with zero attached hydrogens (tertiary/aromatic N) is 2. The second-order valence-corrected chi connectivity index (χ2v) is 3.52. The first-order valence-corrected chi connectivity index (χ1v) is 4.88. The highest BCUT2D eigenvalue weighted by Gasteiger charge is 2.17. The van der Waals surface area contributed by atoms with Gasteiger partial charge in [0, 0.05) is 19.6 Å². The predicted molar refractivity (Wildman–Crippen MR) is 47.5 cm³/mol.